The van der Waals surface area contributed by atoms with Gasteiger partial charge in [-0.3, -0.25) is 0 Å². The molecule has 16 aliphatic rings. The van der Waals surface area contributed by atoms with Gasteiger partial charge >= 0.3 is 0 Å². The summed E-state index contributed by atoms with van der Waals surface area (Å²) in [5.41, 5.74) is 3.27. The minimum Gasteiger partial charge on any atom is -0.360 e. The maximum atomic E-state index is 5.63. The average Bonchev–Trinajstić information content (AvgIpc) is 2.98. The first-order chi connectivity index (χ1) is 23.4. The molecule has 0 aromatic carbocycles. The summed E-state index contributed by atoms with van der Waals surface area (Å²) in [5.74, 6) is 13.4. The minimum absolute atomic E-state index is 0.387. The molecular formula is C45H63N3. The van der Waals surface area contributed by atoms with Crippen LogP contribution in [-0.2, 0) is 0 Å². The molecule has 258 valence electrons. The number of hydrogen-bond donors (Lipinski definition) is 0. The molecule has 0 radical (unpaired) electrons. The van der Waals surface area contributed by atoms with Crippen molar-refractivity contribution in [3.05, 3.63) is 18.3 Å². The van der Waals surface area contributed by atoms with Crippen LogP contribution >= 0.6 is 0 Å². The highest BCUT2D eigenvalue weighted by Crippen LogP contribution is 2.68. The molecule has 3 nitrogen and oxygen atoms in total. The van der Waals surface area contributed by atoms with Gasteiger partial charge in [0.25, 0.3) is 0 Å². The molecule has 0 N–H and O–H groups in total. The van der Waals surface area contributed by atoms with Crippen molar-refractivity contribution >= 4 is 11.5 Å². The summed E-state index contributed by atoms with van der Waals surface area (Å²) in [6.07, 6.45) is 39.0. The van der Waals surface area contributed by atoms with Crippen molar-refractivity contribution in [2.45, 2.75) is 176 Å². The fourth-order valence-electron chi connectivity index (χ4n) is 20.1. The Morgan fingerprint density at radius 3 is 0.896 bits per heavy atom. The lowest BCUT2D eigenvalue weighted by Crippen LogP contribution is -2.71. The molecule has 0 amide bonds. The summed E-state index contributed by atoms with van der Waals surface area (Å²) in [6, 6.07) is 5.41. The molecule has 16 aliphatic carbocycles. The van der Waals surface area contributed by atoms with Gasteiger partial charge in [0.1, 0.15) is 5.82 Å². The van der Waals surface area contributed by atoms with Crippen molar-refractivity contribution in [1.82, 2.24) is 4.98 Å². The molecule has 0 atom stereocenters. The van der Waals surface area contributed by atoms with Gasteiger partial charge in [0.05, 0.1) is 0 Å². The molecule has 48 heavy (non-hydrogen) atoms. The minimum atomic E-state index is 0.387. The zero-order valence-electron chi connectivity index (χ0n) is 30.0. The summed E-state index contributed by atoms with van der Waals surface area (Å²) in [6.45, 7) is 0. The second kappa shape index (κ2) is 9.40. The van der Waals surface area contributed by atoms with Gasteiger partial charge in [-0.25, -0.2) is 4.98 Å². The third-order valence-corrected chi connectivity index (χ3v) is 19.1. The lowest BCUT2D eigenvalue weighted by molar-refractivity contribution is -0.0568. The van der Waals surface area contributed by atoms with Crippen molar-refractivity contribution in [2.75, 3.05) is 9.80 Å². The Morgan fingerprint density at radius 1 is 0.375 bits per heavy atom. The Kier molecular flexibility index (Phi) is 5.55. The molecule has 0 unspecified atom stereocenters. The smallest absolute Gasteiger partial charge is 0.131 e. The van der Waals surface area contributed by atoms with Crippen LogP contribution in [0.5, 0.6) is 0 Å². The molecule has 0 aliphatic heterocycles. The zero-order valence-corrected chi connectivity index (χ0v) is 30.0. The Hall–Kier alpha value is -1.25. The molecule has 0 spiro atoms. The molecule has 16 bridgehead atoms. The molecule has 1 heterocycles. The Balaban J connectivity index is 0.977. The predicted molar refractivity (Wildman–Crippen MR) is 193 cm³/mol. The number of rotatable bonds is 6. The fraction of sp³-hybridized carbons (Fsp3) is 0.889. The monoisotopic (exact) mass is 646 g/mol. The molecule has 17 rings (SSSR count). The van der Waals surface area contributed by atoms with Crippen LogP contribution in [0, 0.1) is 71.0 Å². The van der Waals surface area contributed by atoms with E-state index in [0.717, 1.165) is 71.0 Å². The quantitative estimate of drug-likeness (QED) is 0.307. The second-order valence-electron chi connectivity index (χ2n) is 22.6. The topological polar surface area (TPSA) is 19.4 Å². The lowest BCUT2D eigenvalue weighted by Gasteiger charge is -2.70. The normalized spacial score (nSPS) is 57.2. The van der Waals surface area contributed by atoms with E-state index in [9.17, 15) is 0 Å². The lowest BCUT2D eigenvalue weighted by atomic mass is 9.48. The molecule has 1 aromatic rings. The molecule has 3 heteroatoms. The van der Waals surface area contributed by atoms with Crippen LogP contribution in [0.3, 0.4) is 0 Å². The van der Waals surface area contributed by atoms with Crippen LogP contribution in [0.1, 0.15) is 154 Å². The first kappa shape index (κ1) is 28.3. The standard InChI is InChI=1S/C45H63N3/c1-2-46-41(48(44-22-34-9-35(23-44)11-36(10-34)24-44)45-25-37-12-38(26-45)14-39(13-37)27-45)15-40(1)47(42-16-28-3-29(17-42)5-30(4-28)18-42)43-19-31-6-32(20-43)8-33(7-31)21-43/h1-2,15,28-39H,3-14,16-27H2. The molecule has 1 aromatic heterocycles. The maximum Gasteiger partial charge on any atom is 0.131 e. The van der Waals surface area contributed by atoms with Crippen LogP contribution in [0.25, 0.3) is 0 Å². The van der Waals surface area contributed by atoms with Crippen molar-refractivity contribution in [2.24, 2.45) is 71.0 Å². The summed E-state index contributed by atoms with van der Waals surface area (Å²) < 4.78 is 0. The largest absolute Gasteiger partial charge is 0.360 e. The van der Waals surface area contributed by atoms with Crippen LogP contribution < -0.4 is 9.80 Å². The predicted octanol–water partition coefficient (Wildman–Crippen LogP) is 10.6. The number of nitrogens with zero attached hydrogens (tertiary/aromatic N) is 3. The zero-order chi connectivity index (χ0) is 31.0. The van der Waals surface area contributed by atoms with E-state index in [0.29, 0.717) is 22.2 Å². The number of aromatic nitrogens is 1. The number of anilines is 2. The number of hydrogen-bond acceptors (Lipinski definition) is 3. The van der Waals surface area contributed by atoms with Crippen LogP contribution in [0.2, 0.25) is 0 Å². The summed E-state index contributed by atoms with van der Waals surface area (Å²) in [7, 11) is 0. The van der Waals surface area contributed by atoms with E-state index in [1.54, 1.807) is 82.7 Å². The summed E-state index contributed by atoms with van der Waals surface area (Å²) in [4.78, 5) is 12.2. The molecule has 0 saturated heterocycles. The van der Waals surface area contributed by atoms with E-state index in [4.69, 9.17) is 4.98 Å². The average molecular weight is 646 g/mol. The van der Waals surface area contributed by atoms with Crippen LogP contribution in [0.4, 0.5) is 11.5 Å². The van der Waals surface area contributed by atoms with Gasteiger partial charge in [-0.2, -0.15) is 0 Å². The van der Waals surface area contributed by atoms with Crippen LogP contribution in [0.15, 0.2) is 18.3 Å². The highest BCUT2D eigenvalue weighted by Gasteiger charge is 2.64. The second-order valence-corrected chi connectivity index (χ2v) is 22.6. The SMILES string of the molecule is c1cc(N(C23CC4CC(CC(C4)C2)C3)C23CC4CC(CC(C4)C2)C3)cc(N(C23CC4CC(CC(C4)C2)C3)C23CC4CC(CC(C4)C2)C3)n1. The van der Waals surface area contributed by atoms with Gasteiger partial charge in [-0.05, 0) is 231 Å². The third kappa shape index (κ3) is 3.87. The van der Waals surface area contributed by atoms with E-state index >= 15 is 0 Å². The Labute approximate surface area is 291 Å². The van der Waals surface area contributed by atoms with Gasteiger partial charge in [0.2, 0.25) is 0 Å². The van der Waals surface area contributed by atoms with E-state index in [-0.39, 0.29) is 0 Å². The van der Waals surface area contributed by atoms with Crippen LogP contribution in [-0.4, -0.2) is 27.1 Å². The van der Waals surface area contributed by atoms with E-state index < -0.39 is 0 Å². The Bertz CT molecular complexity index is 1170. The Morgan fingerprint density at radius 2 is 0.625 bits per heavy atom. The fourth-order valence-corrected chi connectivity index (χ4v) is 20.1. The summed E-state index contributed by atoms with van der Waals surface area (Å²) in [5, 5.41) is 0. The molecular weight excluding hydrogens is 583 g/mol. The van der Waals surface area contributed by atoms with Gasteiger partial charge in [0.15, 0.2) is 0 Å². The van der Waals surface area contributed by atoms with E-state index in [1.165, 1.54) is 82.9 Å². The van der Waals surface area contributed by atoms with Crippen molar-refractivity contribution in [1.29, 1.82) is 0 Å². The van der Waals surface area contributed by atoms with Crippen molar-refractivity contribution in [3.8, 4) is 0 Å². The van der Waals surface area contributed by atoms with E-state index in [1.807, 2.05) is 0 Å². The van der Waals surface area contributed by atoms with Crippen molar-refractivity contribution < 1.29 is 0 Å². The maximum absolute atomic E-state index is 5.63. The van der Waals surface area contributed by atoms with Gasteiger partial charge in [-0.1, -0.05) is 0 Å². The molecule has 16 fully saturated rings. The highest BCUT2D eigenvalue weighted by atomic mass is 15.3. The van der Waals surface area contributed by atoms with Gasteiger partial charge < -0.3 is 9.80 Å². The number of pyridine rings is 1. The van der Waals surface area contributed by atoms with E-state index in [2.05, 4.69) is 28.1 Å². The third-order valence-electron chi connectivity index (χ3n) is 19.1. The van der Waals surface area contributed by atoms with Gasteiger partial charge in [0, 0.05) is 40.1 Å². The first-order valence-electron chi connectivity index (χ1n) is 22.0. The van der Waals surface area contributed by atoms with Crippen molar-refractivity contribution in [3.63, 3.8) is 0 Å². The van der Waals surface area contributed by atoms with Gasteiger partial charge in [-0.15, -0.1) is 0 Å². The molecule has 16 saturated carbocycles. The first-order valence-corrected chi connectivity index (χ1v) is 22.0. The highest BCUT2D eigenvalue weighted by molar-refractivity contribution is 5.62. The summed E-state index contributed by atoms with van der Waals surface area (Å²) >= 11 is 0.